The maximum atomic E-state index is 11.8. The van der Waals surface area contributed by atoms with Crippen LogP contribution in [0.4, 0.5) is 0 Å². The zero-order valence-electron chi connectivity index (χ0n) is 10.9. The first-order valence-electron chi connectivity index (χ1n) is 6.07. The standard InChI is InChI=1S/C13H17ClN2O3/c1-3-8(2)11(13(18)19)16-10(17)7-9-5-4-6-15-12(9)14/h4-6,8,11H,3,7H2,1-2H3,(H,16,17)(H,18,19)/t8-,11-/m0/s1. The SMILES string of the molecule is CC[C@H](C)[C@H](NC(=O)Cc1cccnc1Cl)C(=O)O. The van der Waals surface area contributed by atoms with Crippen molar-refractivity contribution in [3.05, 3.63) is 29.0 Å². The van der Waals surface area contributed by atoms with Crippen molar-refractivity contribution in [2.45, 2.75) is 32.7 Å². The fraction of sp³-hybridized carbons (Fsp3) is 0.462. The summed E-state index contributed by atoms with van der Waals surface area (Å²) in [5.41, 5.74) is 0.579. The molecule has 0 aliphatic carbocycles. The number of amides is 1. The summed E-state index contributed by atoms with van der Waals surface area (Å²) >= 11 is 5.85. The van der Waals surface area contributed by atoms with Gasteiger partial charge >= 0.3 is 5.97 Å². The summed E-state index contributed by atoms with van der Waals surface area (Å²) in [6.45, 7) is 3.67. The summed E-state index contributed by atoms with van der Waals surface area (Å²) < 4.78 is 0. The second-order valence-corrected chi connectivity index (χ2v) is 4.76. The molecular formula is C13H17ClN2O3. The van der Waals surface area contributed by atoms with Crippen molar-refractivity contribution < 1.29 is 14.7 Å². The first-order chi connectivity index (χ1) is 8.95. The number of pyridine rings is 1. The van der Waals surface area contributed by atoms with Crippen LogP contribution < -0.4 is 5.32 Å². The Balaban J connectivity index is 2.68. The Labute approximate surface area is 117 Å². The highest BCUT2D eigenvalue weighted by Crippen LogP contribution is 2.13. The van der Waals surface area contributed by atoms with E-state index >= 15 is 0 Å². The summed E-state index contributed by atoms with van der Waals surface area (Å²) in [6, 6.07) is 2.49. The normalized spacial score (nSPS) is 13.6. The lowest BCUT2D eigenvalue weighted by Gasteiger charge is -2.20. The average molecular weight is 285 g/mol. The molecule has 5 nitrogen and oxygen atoms in total. The number of carboxylic acids is 1. The third-order valence-corrected chi connectivity index (χ3v) is 3.32. The van der Waals surface area contributed by atoms with Crippen LogP contribution in [-0.4, -0.2) is 28.0 Å². The number of rotatable bonds is 6. The Kier molecular flexibility index (Phi) is 5.76. The Morgan fingerprint density at radius 1 is 1.53 bits per heavy atom. The minimum Gasteiger partial charge on any atom is -0.480 e. The van der Waals surface area contributed by atoms with E-state index in [1.165, 1.54) is 6.20 Å². The molecule has 0 radical (unpaired) electrons. The van der Waals surface area contributed by atoms with Gasteiger partial charge in [-0.1, -0.05) is 37.9 Å². The second kappa shape index (κ2) is 7.09. The highest BCUT2D eigenvalue weighted by atomic mass is 35.5. The fourth-order valence-electron chi connectivity index (χ4n) is 1.63. The van der Waals surface area contributed by atoms with Gasteiger partial charge in [-0.2, -0.15) is 0 Å². The van der Waals surface area contributed by atoms with E-state index in [9.17, 15) is 9.59 Å². The molecule has 0 aliphatic heterocycles. The second-order valence-electron chi connectivity index (χ2n) is 4.40. The van der Waals surface area contributed by atoms with Crippen LogP contribution in [0.2, 0.25) is 5.15 Å². The van der Waals surface area contributed by atoms with Crippen LogP contribution in [-0.2, 0) is 16.0 Å². The number of hydrogen-bond acceptors (Lipinski definition) is 3. The number of nitrogens with one attached hydrogen (secondary N) is 1. The Hall–Kier alpha value is -1.62. The van der Waals surface area contributed by atoms with E-state index in [4.69, 9.17) is 16.7 Å². The van der Waals surface area contributed by atoms with Gasteiger partial charge in [-0.15, -0.1) is 0 Å². The molecule has 19 heavy (non-hydrogen) atoms. The number of carboxylic acid groups (broad SMARTS) is 1. The van der Waals surface area contributed by atoms with Crippen molar-refractivity contribution in [1.82, 2.24) is 10.3 Å². The topological polar surface area (TPSA) is 79.3 Å². The van der Waals surface area contributed by atoms with Crippen molar-refractivity contribution >= 4 is 23.5 Å². The molecule has 0 spiro atoms. The number of hydrogen-bond donors (Lipinski definition) is 2. The van der Waals surface area contributed by atoms with Crippen LogP contribution in [0.15, 0.2) is 18.3 Å². The van der Waals surface area contributed by atoms with E-state index in [1.807, 2.05) is 6.92 Å². The van der Waals surface area contributed by atoms with Crippen LogP contribution in [0.1, 0.15) is 25.8 Å². The molecule has 6 heteroatoms. The molecule has 1 aromatic rings. The third-order valence-electron chi connectivity index (χ3n) is 2.98. The lowest BCUT2D eigenvalue weighted by atomic mass is 9.99. The third kappa shape index (κ3) is 4.52. The minimum atomic E-state index is -1.03. The quantitative estimate of drug-likeness (QED) is 0.782. The predicted octanol–water partition coefficient (Wildman–Crippen LogP) is 1.89. The summed E-state index contributed by atoms with van der Waals surface area (Å²) in [5, 5.41) is 11.9. The van der Waals surface area contributed by atoms with Crippen LogP contribution in [0.25, 0.3) is 0 Å². The van der Waals surface area contributed by atoms with Crippen molar-refractivity contribution in [3.8, 4) is 0 Å². The zero-order valence-corrected chi connectivity index (χ0v) is 11.6. The fourth-order valence-corrected chi connectivity index (χ4v) is 1.82. The van der Waals surface area contributed by atoms with Crippen molar-refractivity contribution in [2.24, 2.45) is 5.92 Å². The van der Waals surface area contributed by atoms with E-state index in [1.54, 1.807) is 19.1 Å². The molecule has 0 bridgehead atoms. The van der Waals surface area contributed by atoms with Gasteiger partial charge in [0.25, 0.3) is 0 Å². The first kappa shape index (κ1) is 15.4. The van der Waals surface area contributed by atoms with Gasteiger partial charge in [0.15, 0.2) is 0 Å². The van der Waals surface area contributed by atoms with Gasteiger partial charge in [0, 0.05) is 6.20 Å². The molecule has 104 valence electrons. The largest absolute Gasteiger partial charge is 0.480 e. The molecule has 1 heterocycles. The minimum absolute atomic E-state index is 0.0207. The first-order valence-corrected chi connectivity index (χ1v) is 6.45. The molecule has 0 saturated heterocycles. The predicted molar refractivity (Wildman–Crippen MR) is 72.0 cm³/mol. The maximum Gasteiger partial charge on any atom is 0.326 e. The number of halogens is 1. The lowest BCUT2D eigenvalue weighted by molar-refractivity contribution is -0.143. The number of nitrogens with zero attached hydrogens (tertiary/aromatic N) is 1. The van der Waals surface area contributed by atoms with Crippen LogP contribution in [0, 0.1) is 5.92 Å². The number of aliphatic carboxylic acids is 1. The Morgan fingerprint density at radius 2 is 2.21 bits per heavy atom. The Morgan fingerprint density at radius 3 is 2.74 bits per heavy atom. The van der Waals surface area contributed by atoms with Crippen LogP contribution in [0.5, 0.6) is 0 Å². The molecule has 0 saturated carbocycles. The lowest BCUT2D eigenvalue weighted by Crippen LogP contribution is -2.45. The molecular weight excluding hydrogens is 268 g/mol. The average Bonchev–Trinajstić information content (AvgIpc) is 2.37. The molecule has 1 rings (SSSR count). The van der Waals surface area contributed by atoms with Gasteiger partial charge in [-0.25, -0.2) is 9.78 Å². The molecule has 1 aromatic heterocycles. The highest BCUT2D eigenvalue weighted by Gasteiger charge is 2.25. The monoisotopic (exact) mass is 284 g/mol. The molecule has 2 N–H and O–H groups in total. The number of carbonyl (C=O) groups is 2. The van der Waals surface area contributed by atoms with Gasteiger partial charge < -0.3 is 10.4 Å². The van der Waals surface area contributed by atoms with Gasteiger partial charge in [0.1, 0.15) is 11.2 Å². The molecule has 0 aromatic carbocycles. The van der Waals surface area contributed by atoms with Gasteiger partial charge in [-0.05, 0) is 17.5 Å². The highest BCUT2D eigenvalue weighted by molar-refractivity contribution is 6.30. The smallest absolute Gasteiger partial charge is 0.326 e. The van der Waals surface area contributed by atoms with E-state index < -0.39 is 12.0 Å². The number of carbonyl (C=O) groups excluding carboxylic acids is 1. The van der Waals surface area contributed by atoms with Crippen LogP contribution in [0.3, 0.4) is 0 Å². The Bertz CT molecular complexity index is 465. The molecule has 2 atom stereocenters. The van der Waals surface area contributed by atoms with Crippen molar-refractivity contribution in [3.63, 3.8) is 0 Å². The molecule has 0 unspecified atom stereocenters. The van der Waals surface area contributed by atoms with Crippen molar-refractivity contribution in [1.29, 1.82) is 0 Å². The van der Waals surface area contributed by atoms with E-state index in [0.29, 0.717) is 12.0 Å². The summed E-state index contributed by atoms with van der Waals surface area (Å²) in [4.78, 5) is 26.8. The maximum absolute atomic E-state index is 11.8. The zero-order chi connectivity index (χ0) is 14.4. The van der Waals surface area contributed by atoms with Gasteiger partial charge in [0.05, 0.1) is 6.42 Å². The molecule has 1 amide bonds. The molecule has 0 fully saturated rings. The summed E-state index contributed by atoms with van der Waals surface area (Å²) in [7, 11) is 0. The number of aromatic nitrogens is 1. The van der Waals surface area contributed by atoms with E-state index in [2.05, 4.69) is 10.3 Å². The molecule has 0 aliphatic rings. The van der Waals surface area contributed by atoms with Crippen LogP contribution >= 0.6 is 11.6 Å². The van der Waals surface area contributed by atoms with Gasteiger partial charge in [0.2, 0.25) is 5.91 Å². The van der Waals surface area contributed by atoms with E-state index in [0.717, 1.165) is 0 Å². The summed E-state index contributed by atoms with van der Waals surface area (Å²) in [6.07, 6.45) is 2.22. The van der Waals surface area contributed by atoms with Gasteiger partial charge in [-0.3, -0.25) is 4.79 Å². The van der Waals surface area contributed by atoms with E-state index in [-0.39, 0.29) is 23.4 Å². The van der Waals surface area contributed by atoms with Crippen molar-refractivity contribution in [2.75, 3.05) is 0 Å². The summed E-state index contributed by atoms with van der Waals surface area (Å²) in [5.74, 6) is -1.53.